The van der Waals surface area contributed by atoms with Crippen LogP contribution in [0.5, 0.6) is 0 Å². The minimum absolute atomic E-state index is 0.0667. The molecule has 0 unspecified atom stereocenters. The molecule has 0 atom stereocenters. The highest BCUT2D eigenvalue weighted by atomic mass is 35.5. The lowest BCUT2D eigenvalue weighted by Crippen LogP contribution is -2.39. The molecule has 1 heterocycles. The van der Waals surface area contributed by atoms with Gasteiger partial charge in [-0.15, -0.1) is 0 Å². The zero-order valence-corrected chi connectivity index (χ0v) is 21.9. The molecule has 0 aliphatic heterocycles. The van der Waals surface area contributed by atoms with Crippen LogP contribution >= 0.6 is 11.6 Å². The van der Waals surface area contributed by atoms with Crippen molar-refractivity contribution in [2.75, 3.05) is 18.4 Å². The van der Waals surface area contributed by atoms with E-state index in [-0.39, 0.29) is 18.4 Å². The van der Waals surface area contributed by atoms with E-state index in [4.69, 9.17) is 16.7 Å². The summed E-state index contributed by atoms with van der Waals surface area (Å²) in [5, 5.41) is 8.21. The van der Waals surface area contributed by atoms with Gasteiger partial charge in [0.05, 0.1) is 16.4 Å². The molecule has 0 spiro atoms. The Morgan fingerprint density at radius 2 is 1.65 bits per heavy atom. The normalized spacial score (nSPS) is 10.8. The van der Waals surface area contributed by atoms with E-state index < -0.39 is 0 Å². The standard InChI is InChI=1S/C30H31ClN4O2/c1-3-5-19-34(30(37)24-17-15-22(4-2)16-18-24)21-29(36)32-28-20-26(23-11-7-6-8-12-23)33-35(28)27-14-10-9-13-25(27)31/h6-18,20H,3-5,19,21H2,1-2H3,(H,32,36). The number of nitrogens with one attached hydrogen (secondary N) is 1. The molecule has 190 valence electrons. The molecule has 0 bridgehead atoms. The number of halogens is 1. The van der Waals surface area contributed by atoms with Crippen LogP contribution in [0.1, 0.15) is 42.6 Å². The predicted molar refractivity (Wildman–Crippen MR) is 149 cm³/mol. The van der Waals surface area contributed by atoms with Crippen LogP contribution in [0.3, 0.4) is 0 Å². The van der Waals surface area contributed by atoms with Crippen molar-refractivity contribution >= 4 is 29.2 Å². The monoisotopic (exact) mass is 514 g/mol. The summed E-state index contributed by atoms with van der Waals surface area (Å²) in [5.74, 6) is 0.0189. The van der Waals surface area contributed by atoms with E-state index >= 15 is 0 Å². The number of hydrogen-bond donors (Lipinski definition) is 1. The largest absolute Gasteiger partial charge is 0.329 e. The molecule has 6 nitrogen and oxygen atoms in total. The summed E-state index contributed by atoms with van der Waals surface area (Å²) < 4.78 is 1.63. The van der Waals surface area contributed by atoms with Crippen molar-refractivity contribution < 1.29 is 9.59 Å². The van der Waals surface area contributed by atoms with Crippen LogP contribution in [-0.2, 0) is 11.2 Å². The Balaban J connectivity index is 1.59. The van der Waals surface area contributed by atoms with Gasteiger partial charge in [0, 0.05) is 23.7 Å². The number of nitrogens with zero attached hydrogens (tertiary/aromatic N) is 3. The van der Waals surface area contributed by atoms with Crippen LogP contribution in [-0.4, -0.2) is 39.6 Å². The summed E-state index contributed by atoms with van der Waals surface area (Å²) >= 11 is 6.47. The van der Waals surface area contributed by atoms with Gasteiger partial charge in [-0.2, -0.15) is 5.10 Å². The van der Waals surface area contributed by atoms with Crippen LogP contribution in [0.4, 0.5) is 5.82 Å². The number of rotatable bonds is 10. The maximum atomic E-state index is 13.3. The van der Waals surface area contributed by atoms with Gasteiger partial charge < -0.3 is 10.2 Å². The Kier molecular flexibility index (Phi) is 8.75. The lowest BCUT2D eigenvalue weighted by Gasteiger charge is -2.22. The van der Waals surface area contributed by atoms with Gasteiger partial charge in [-0.05, 0) is 42.7 Å². The van der Waals surface area contributed by atoms with Crippen molar-refractivity contribution in [3.8, 4) is 16.9 Å². The van der Waals surface area contributed by atoms with Gasteiger partial charge in [0.1, 0.15) is 12.4 Å². The van der Waals surface area contributed by atoms with E-state index in [2.05, 4.69) is 19.2 Å². The topological polar surface area (TPSA) is 67.2 Å². The zero-order valence-electron chi connectivity index (χ0n) is 21.2. The molecule has 3 aromatic carbocycles. The van der Waals surface area contributed by atoms with Crippen molar-refractivity contribution in [3.63, 3.8) is 0 Å². The van der Waals surface area contributed by atoms with Crippen molar-refractivity contribution in [3.05, 3.63) is 101 Å². The highest BCUT2D eigenvalue weighted by molar-refractivity contribution is 6.32. The number of aromatic nitrogens is 2. The van der Waals surface area contributed by atoms with E-state index in [1.165, 1.54) is 0 Å². The lowest BCUT2D eigenvalue weighted by atomic mass is 10.1. The zero-order chi connectivity index (χ0) is 26.2. The predicted octanol–water partition coefficient (Wildman–Crippen LogP) is 6.64. The SMILES string of the molecule is CCCCN(CC(=O)Nc1cc(-c2ccccc2)nn1-c1ccccc1Cl)C(=O)c1ccc(CC)cc1. The van der Waals surface area contributed by atoms with E-state index in [1.54, 1.807) is 15.6 Å². The molecule has 7 heteroatoms. The first-order chi connectivity index (χ1) is 18.0. The molecular formula is C30H31ClN4O2. The van der Waals surface area contributed by atoms with Gasteiger partial charge in [-0.1, -0.05) is 86.5 Å². The van der Waals surface area contributed by atoms with E-state index in [0.717, 1.165) is 30.4 Å². The van der Waals surface area contributed by atoms with E-state index in [0.29, 0.717) is 34.3 Å². The second kappa shape index (κ2) is 12.4. The Morgan fingerprint density at radius 1 is 0.946 bits per heavy atom. The Bertz CT molecular complexity index is 1350. The fourth-order valence-corrected chi connectivity index (χ4v) is 4.27. The maximum absolute atomic E-state index is 13.3. The van der Waals surface area contributed by atoms with Gasteiger partial charge in [0.15, 0.2) is 0 Å². The number of benzene rings is 3. The molecular weight excluding hydrogens is 484 g/mol. The molecule has 1 N–H and O–H groups in total. The van der Waals surface area contributed by atoms with Crippen LogP contribution in [0.25, 0.3) is 16.9 Å². The van der Waals surface area contributed by atoms with Gasteiger partial charge in [0.2, 0.25) is 5.91 Å². The second-order valence-corrected chi connectivity index (χ2v) is 9.23. The number of amides is 2. The highest BCUT2D eigenvalue weighted by Crippen LogP contribution is 2.28. The highest BCUT2D eigenvalue weighted by Gasteiger charge is 2.21. The number of hydrogen-bond acceptors (Lipinski definition) is 3. The van der Waals surface area contributed by atoms with Crippen LogP contribution in [0.15, 0.2) is 84.9 Å². The number of carbonyl (C=O) groups is 2. The van der Waals surface area contributed by atoms with E-state index in [9.17, 15) is 9.59 Å². The molecule has 0 saturated heterocycles. The van der Waals surface area contributed by atoms with Gasteiger partial charge >= 0.3 is 0 Å². The van der Waals surface area contributed by atoms with Crippen LogP contribution in [0, 0.1) is 0 Å². The molecule has 4 rings (SSSR count). The summed E-state index contributed by atoms with van der Waals surface area (Å²) in [4.78, 5) is 28.1. The molecule has 37 heavy (non-hydrogen) atoms. The number of aryl methyl sites for hydroxylation is 1. The number of anilines is 1. The Morgan fingerprint density at radius 3 is 2.32 bits per heavy atom. The van der Waals surface area contributed by atoms with E-state index in [1.807, 2.05) is 78.9 Å². The summed E-state index contributed by atoms with van der Waals surface area (Å²) in [7, 11) is 0. The quantitative estimate of drug-likeness (QED) is 0.258. The Hall–Kier alpha value is -3.90. The molecule has 0 fully saturated rings. The number of para-hydroxylation sites is 1. The molecule has 0 radical (unpaired) electrons. The van der Waals surface area contributed by atoms with Crippen LogP contribution in [0.2, 0.25) is 5.02 Å². The average molecular weight is 515 g/mol. The third-order valence-corrected chi connectivity index (χ3v) is 6.46. The maximum Gasteiger partial charge on any atom is 0.254 e. The van der Waals surface area contributed by atoms with Gasteiger partial charge in [-0.25, -0.2) is 4.68 Å². The second-order valence-electron chi connectivity index (χ2n) is 8.82. The average Bonchev–Trinajstić information content (AvgIpc) is 3.34. The van der Waals surface area contributed by atoms with Crippen LogP contribution < -0.4 is 5.32 Å². The molecule has 0 aliphatic carbocycles. The van der Waals surface area contributed by atoms with Crippen molar-refractivity contribution in [2.24, 2.45) is 0 Å². The van der Waals surface area contributed by atoms with Crippen molar-refractivity contribution in [2.45, 2.75) is 33.1 Å². The van der Waals surface area contributed by atoms with Gasteiger partial charge in [0.25, 0.3) is 5.91 Å². The molecule has 1 aromatic heterocycles. The third kappa shape index (κ3) is 6.46. The first kappa shape index (κ1) is 26.2. The first-order valence-electron chi connectivity index (χ1n) is 12.6. The fourth-order valence-electron chi connectivity index (χ4n) is 4.05. The summed E-state index contributed by atoms with van der Waals surface area (Å²) in [6.07, 6.45) is 2.63. The summed E-state index contributed by atoms with van der Waals surface area (Å²) in [6.45, 7) is 4.57. The molecule has 0 saturated carbocycles. The minimum Gasteiger partial charge on any atom is -0.329 e. The van der Waals surface area contributed by atoms with Gasteiger partial charge in [-0.3, -0.25) is 9.59 Å². The summed E-state index contributed by atoms with van der Waals surface area (Å²) in [5.41, 5.74) is 4.01. The molecule has 2 amide bonds. The smallest absolute Gasteiger partial charge is 0.254 e. The lowest BCUT2D eigenvalue weighted by molar-refractivity contribution is -0.116. The summed E-state index contributed by atoms with van der Waals surface area (Å²) in [6, 6.07) is 26.5. The first-order valence-corrected chi connectivity index (χ1v) is 13.0. The Labute approximate surface area is 222 Å². The molecule has 0 aliphatic rings. The minimum atomic E-state index is -0.303. The van der Waals surface area contributed by atoms with Crippen molar-refractivity contribution in [1.29, 1.82) is 0 Å². The third-order valence-electron chi connectivity index (χ3n) is 6.14. The number of unbranched alkanes of at least 4 members (excludes halogenated alkanes) is 1. The number of carbonyl (C=O) groups excluding carboxylic acids is 2. The molecule has 4 aromatic rings. The van der Waals surface area contributed by atoms with Crippen molar-refractivity contribution in [1.82, 2.24) is 14.7 Å². The fraction of sp³-hybridized carbons (Fsp3) is 0.233.